The van der Waals surface area contributed by atoms with Crippen LogP contribution in [0.25, 0.3) is 0 Å². The van der Waals surface area contributed by atoms with Crippen LogP contribution in [0.15, 0.2) is 0 Å². The summed E-state index contributed by atoms with van der Waals surface area (Å²) in [7, 11) is 0. The van der Waals surface area contributed by atoms with E-state index in [0.717, 1.165) is 49.2 Å². The van der Waals surface area contributed by atoms with E-state index in [1.54, 1.807) is 0 Å². The first-order valence-electron chi connectivity index (χ1n) is 7.11. The van der Waals surface area contributed by atoms with Gasteiger partial charge in [-0.2, -0.15) is 0 Å². The van der Waals surface area contributed by atoms with Crippen LogP contribution in [0.2, 0.25) is 0 Å². The van der Waals surface area contributed by atoms with Gasteiger partial charge in [-0.15, -0.1) is 11.3 Å². The van der Waals surface area contributed by atoms with Gasteiger partial charge in [0, 0.05) is 5.92 Å². The van der Waals surface area contributed by atoms with Crippen molar-refractivity contribution in [3.05, 3.63) is 15.6 Å². The lowest BCUT2D eigenvalue weighted by molar-refractivity contribution is 0.0530. The highest BCUT2D eigenvalue weighted by atomic mass is 32.1. The number of thiazole rings is 1. The predicted octanol–water partition coefficient (Wildman–Crippen LogP) is 2.93. The molecule has 2 saturated carbocycles. The third-order valence-corrected chi connectivity index (χ3v) is 5.27. The summed E-state index contributed by atoms with van der Waals surface area (Å²) in [5.74, 6) is 0.226. The molecule has 19 heavy (non-hydrogen) atoms. The lowest BCUT2D eigenvalue weighted by atomic mass is 10.0. The van der Waals surface area contributed by atoms with Gasteiger partial charge in [0.25, 0.3) is 0 Å². The monoisotopic (exact) mass is 280 g/mol. The van der Waals surface area contributed by atoms with E-state index in [-0.39, 0.29) is 11.5 Å². The molecule has 0 unspecified atom stereocenters. The number of carbonyl (C=O) groups excluding carboxylic acids is 1. The van der Waals surface area contributed by atoms with Crippen molar-refractivity contribution >= 4 is 17.3 Å². The normalized spacial score (nSPS) is 21.6. The van der Waals surface area contributed by atoms with Crippen molar-refractivity contribution in [1.82, 2.24) is 4.98 Å². The van der Waals surface area contributed by atoms with Crippen LogP contribution in [0.3, 0.4) is 0 Å². The molecule has 2 fully saturated rings. The second-order valence-corrected chi connectivity index (χ2v) is 6.59. The summed E-state index contributed by atoms with van der Waals surface area (Å²) in [5.41, 5.74) is 7.09. The Hall–Kier alpha value is -0.940. The van der Waals surface area contributed by atoms with Crippen LogP contribution >= 0.6 is 11.3 Å². The molecule has 0 amide bonds. The van der Waals surface area contributed by atoms with Gasteiger partial charge in [-0.25, -0.2) is 9.78 Å². The summed E-state index contributed by atoms with van der Waals surface area (Å²) in [4.78, 5) is 17.5. The van der Waals surface area contributed by atoms with Crippen LogP contribution < -0.4 is 5.73 Å². The Balaban J connectivity index is 1.94. The molecule has 1 aromatic rings. The van der Waals surface area contributed by atoms with Crippen LogP contribution in [0.5, 0.6) is 0 Å². The van der Waals surface area contributed by atoms with E-state index in [1.807, 2.05) is 6.92 Å². The van der Waals surface area contributed by atoms with Gasteiger partial charge in [0.05, 0.1) is 17.8 Å². The van der Waals surface area contributed by atoms with E-state index in [0.29, 0.717) is 17.4 Å². The first-order valence-corrected chi connectivity index (χ1v) is 7.93. The number of hydrogen-bond acceptors (Lipinski definition) is 5. The number of nitrogens with two attached hydrogens (primary N) is 1. The molecule has 104 valence electrons. The van der Waals surface area contributed by atoms with Gasteiger partial charge < -0.3 is 10.5 Å². The third-order valence-electron chi connectivity index (χ3n) is 4.00. The van der Waals surface area contributed by atoms with Crippen LogP contribution in [0.4, 0.5) is 0 Å². The molecule has 0 bridgehead atoms. The second kappa shape index (κ2) is 4.87. The van der Waals surface area contributed by atoms with Gasteiger partial charge in [0.1, 0.15) is 9.88 Å². The largest absolute Gasteiger partial charge is 0.462 e. The van der Waals surface area contributed by atoms with Gasteiger partial charge >= 0.3 is 5.97 Å². The van der Waals surface area contributed by atoms with Crippen molar-refractivity contribution < 1.29 is 9.53 Å². The summed E-state index contributed by atoms with van der Waals surface area (Å²) in [6, 6.07) is 0. The van der Waals surface area contributed by atoms with Crippen LogP contribution in [0, 0.1) is 0 Å². The maximum atomic E-state index is 12.0. The molecule has 3 rings (SSSR count). The molecule has 2 aliphatic carbocycles. The number of ether oxygens (including phenoxy) is 1. The van der Waals surface area contributed by atoms with Gasteiger partial charge in [-0.1, -0.05) is 12.8 Å². The number of nitrogens with zero attached hydrogens (tertiary/aromatic N) is 1. The van der Waals surface area contributed by atoms with Gasteiger partial charge in [0.15, 0.2) is 0 Å². The molecular weight excluding hydrogens is 260 g/mol. The highest BCUT2D eigenvalue weighted by molar-refractivity contribution is 7.13. The highest BCUT2D eigenvalue weighted by Gasteiger charge is 2.39. The Bertz CT molecular complexity index is 488. The molecule has 2 N–H and O–H groups in total. The number of aromatic nitrogens is 1. The molecule has 5 heteroatoms. The minimum atomic E-state index is -0.306. The van der Waals surface area contributed by atoms with E-state index in [2.05, 4.69) is 0 Å². The maximum Gasteiger partial charge on any atom is 0.350 e. The summed E-state index contributed by atoms with van der Waals surface area (Å²) >= 11 is 1.46. The highest BCUT2D eigenvalue weighted by Crippen LogP contribution is 2.46. The zero-order valence-corrected chi connectivity index (χ0v) is 12.1. The van der Waals surface area contributed by atoms with Crippen molar-refractivity contribution in [2.24, 2.45) is 5.73 Å². The maximum absolute atomic E-state index is 12.0. The van der Waals surface area contributed by atoms with E-state index in [9.17, 15) is 4.79 Å². The molecule has 0 atom stereocenters. The topological polar surface area (TPSA) is 65.2 Å². The summed E-state index contributed by atoms with van der Waals surface area (Å²) in [6.07, 6.45) is 6.53. The van der Waals surface area contributed by atoms with Crippen molar-refractivity contribution in [3.8, 4) is 0 Å². The number of hydrogen-bond donors (Lipinski definition) is 1. The molecule has 0 radical (unpaired) electrons. The van der Waals surface area contributed by atoms with Gasteiger partial charge in [0.2, 0.25) is 0 Å². The Morgan fingerprint density at radius 2 is 2.16 bits per heavy atom. The number of rotatable bonds is 4. The first-order chi connectivity index (χ1) is 9.14. The molecule has 0 spiro atoms. The molecule has 1 heterocycles. The molecule has 1 aromatic heterocycles. The smallest absolute Gasteiger partial charge is 0.350 e. The fourth-order valence-electron chi connectivity index (χ4n) is 2.74. The number of carbonyl (C=O) groups is 1. The third kappa shape index (κ3) is 2.41. The van der Waals surface area contributed by atoms with E-state index >= 15 is 0 Å². The van der Waals surface area contributed by atoms with E-state index in [1.165, 1.54) is 11.3 Å². The van der Waals surface area contributed by atoms with Crippen molar-refractivity contribution in [2.45, 2.75) is 56.9 Å². The minimum Gasteiger partial charge on any atom is -0.462 e. The molecule has 0 aromatic carbocycles. The zero-order chi connectivity index (χ0) is 13.5. The van der Waals surface area contributed by atoms with Crippen molar-refractivity contribution in [3.63, 3.8) is 0 Å². The fraction of sp³-hybridized carbons (Fsp3) is 0.714. The predicted molar refractivity (Wildman–Crippen MR) is 74.4 cm³/mol. The zero-order valence-electron chi connectivity index (χ0n) is 11.3. The average Bonchev–Trinajstić information content (AvgIpc) is 2.97. The molecular formula is C14H20N2O2S. The molecule has 0 aliphatic heterocycles. The Kier molecular flexibility index (Phi) is 3.35. The van der Waals surface area contributed by atoms with E-state index in [4.69, 9.17) is 15.5 Å². The minimum absolute atomic E-state index is 0.227. The number of esters is 1. The van der Waals surface area contributed by atoms with Crippen LogP contribution in [0.1, 0.15) is 71.7 Å². The van der Waals surface area contributed by atoms with Crippen molar-refractivity contribution in [2.75, 3.05) is 6.61 Å². The molecule has 4 nitrogen and oxygen atoms in total. The first kappa shape index (κ1) is 13.1. The van der Waals surface area contributed by atoms with Crippen LogP contribution in [-0.2, 0) is 10.3 Å². The standard InChI is InChI=1S/C14H20N2O2S/c1-2-18-12(17)11-10(9-5-6-9)16-13(19-11)14(15)7-3-4-8-14/h9H,2-8,15H2,1H3. The molecule has 2 aliphatic rings. The Morgan fingerprint density at radius 1 is 1.47 bits per heavy atom. The Morgan fingerprint density at radius 3 is 2.74 bits per heavy atom. The van der Waals surface area contributed by atoms with Gasteiger partial charge in [-0.05, 0) is 32.6 Å². The lowest BCUT2D eigenvalue weighted by Gasteiger charge is -2.19. The van der Waals surface area contributed by atoms with Gasteiger partial charge in [-0.3, -0.25) is 0 Å². The fourth-order valence-corrected chi connectivity index (χ4v) is 3.94. The van der Waals surface area contributed by atoms with E-state index < -0.39 is 0 Å². The van der Waals surface area contributed by atoms with Crippen molar-refractivity contribution in [1.29, 1.82) is 0 Å². The lowest BCUT2D eigenvalue weighted by Crippen LogP contribution is -2.32. The average molecular weight is 280 g/mol. The quantitative estimate of drug-likeness (QED) is 0.861. The Labute approximate surface area is 117 Å². The summed E-state index contributed by atoms with van der Waals surface area (Å²) in [5, 5.41) is 0.940. The molecule has 0 saturated heterocycles. The van der Waals surface area contributed by atoms with Crippen LogP contribution in [-0.4, -0.2) is 17.6 Å². The summed E-state index contributed by atoms with van der Waals surface area (Å²) < 4.78 is 5.15. The SMILES string of the molecule is CCOC(=O)c1sc(C2(N)CCCC2)nc1C1CC1. The summed E-state index contributed by atoms with van der Waals surface area (Å²) in [6.45, 7) is 2.24. The second-order valence-electron chi connectivity index (χ2n) is 5.59.